The summed E-state index contributed by atoms with van der Waals surface area (Å²) < 4.78 is 27.4. The number of rotatable bonds is 7. The van der Waals surface area contributed by atoms with E-state index in [1.165, 1.54) is 34.0 Å². The average molecular weight is 434 g/mol. The highest BCUT2D eigenvalue weighted by molar-refractivity contribution is 7.89. The monoisotopic (exact) mass is 433 g/mol. The van der Waals surface area contributed by atoms with Crippen LogP contribution in [0.3, 0.4) is 0 Å². The SMILES string of the molecule is O=C(NCC(c1ccccc1)N1CCCC1)c1sccc1S(=O)(=O)N1CCCC1. The van der Waals surface area contributed by atoms with E-state index in [2.05, 4.69) is 22.3 Å². The first-order valence-electron chi connectivity index (χ1n) is 10.2. The molecule has 1 amide bonds. The van der Waals surface area contributed by atoms with Gasteiger partial charge in [0.1, 0.15) is 9.77 Å². The molecule has 0 aliphatic carbocycles. The normalized spacial score (nSPS) is 19.4. The van der Waals surface area contributed by atoms with Crippen LogP contribution in [0.5, 0.6) is 0 Å². The van der Waals surface area contributed by atoms with Gasteiger partial charge in [0.15, 0.2) is 0 Å². The number of nitrogens with one attached hydrogen (secondary N) is 1. The van der Waals surface area contributed by atoms with Crippen molar-refractivity contribution in [3.8, 4) is 0 Å². The lowest BCUT2D eigenvalue weighted by atomic mass is 10.1. The minimum Gasteiger partial charge on any atom is -0.349 e. The van der Waals surface area contributed by atoms with Crippen LogP contribution >= 0.6 is 11.3 Å². The Kier molecular flexibility index (Phi) is 6.34. The number of thiophene rings is 1. The van der Waals surface area contributed by atoms with Crippen molar-refractivity contribution in [3.63, 3.8) is 0 Å². The predicted octanol–water partition coefficient (Wildman–Crippen LogP) is 3.10. The molecule has 0 spiro atoms. The molecular formula is C21H27N3O3S2. The topological polar surface area (TPSA) is 69.7 Å². The van der Waals surface area contributed by atoms with Crippen LogP contribution in [-0.2, 0) is 10.0 Å². The number of benzene rings is 1. The first-order valence-corrected chi connectivity index (χ1v) is 12.5. The summed E-state index contributed by atoms with van der Waals surface area (Å²) in [5, 5.41) is 4.70. The zero-order chi connectivity index (χ0) is 20.3. The van der Waals surface area contributed by atoms with Gasteiger partial charge in [0, 0.05) is 19.6 Å². The molecule has 0 saturated carbocycles. The Balaban J connectivity index is 1.50. The van der Waals surface area contributed by atoms with Crippen LogP contribution in [0.2, 0.25) is 0 Å². The Morgan fingerprint density at radius 2 is 1.66 bits per heavy atom. The molecule has 1 atom stereocenters. The van der Waals surface area contributed by atoms with E-state index in [0.717, 1.165) is 25.9 Å². The van der Waals surface area contributed by atoms with Gasteiger partial charge >= 0.3 is 0 Å². The first kappa shape index (κ1) is 20.5. The smallest absolute Gasteiger partial charge is 0.262 e. The molecule has 2 saturated heterocycles. The van der Waals surface area contributed by atoms with E-state index in [4.69, 9.17) is 0 Å². The Morgan fingerprint density at radius 1 is 1.00 bits per heavy atom. The van der Waals surface area contributed by atoms with Crippen molar-refractivity contribution in [3.05, 3.63) is 52.2 Å². The highest BCUT2D eigenvalue weighted by atomic mass is 32.2. The lowest BCUT2D eigenvalue weighted by Crippen LogP contribution is -2.37. The Morgan fingerprint density at radius 3 is 2.34 bits per heavy atom. The van der Waals surface area contributed by atoms with E-state index >= 15 is 0 Å². The fraction of sp³-hybridized carbons (Fsp3) is 0.476. The number of sulfonamides is 1. The second-order valence-corrected chi connectivity index (χ2v) is 10.4. The number of carbonyl (C=O) groups is 1. The molecule has 1 aromatic carbocycles. The van der Waals surface area contributed by atoms with Gasteiger partial charge in [-0.15, -0.1) is 11.3 Å². The van der Waals surface area contributed by atoms with Crippen molar-refractivity contribution in [2.75, 3.05) is 32.7 Å². The van der Waals surface area contributed by atoms with Gasteiger partial charge in [-0.05, 0) is 55.8 Å². The molecule has 1 N–H and O–H groups in total. The van der Waals surface area contributed by atoms with Crippen LogP contribution < -0.4 is 5.32 Å². The Bertz CT molecular complexity index is 931. The minimum atomic E-state index is -3.60. The third-order valence-corrected chi connectivity index (χ3v) is 8.72. The molecule has 8 heteroatoms. The lowest BCUT2D eigenvalue weighted by molar-refractivity contribution is 0.0939. The van der Waals surface area contributed by atoms with Crippen molar-refractivity contribution in [2.24, 2.45) is 0 Å². The molecule has 0 radical (unpaired) electrons. The Labute approximate surface area is 176 Å². The molecule has 6 nitrogen and oxygen atoms in total. The number of nitrogens with zero attached hydrogens (tertiary/aromatic N) is 2. The molecule has 1 unspecified atom stereocenters. The fourth-order valence-corrected chi connectivity index (χ4v) is 7.02. The maximum absolute atomic E-state index is 12.9. The lowest BCUT2D eigenvalue weighted by Gasteiger charge is -2.28. The third-order valence-electron chi connectivity index (χ3n) is 5.74. The van der Waals surface area contributed by atoms with Crippen molar-refractivity contribution in [2.45, 2.75) is 36.6 Å². The van der Waals surface area contributed by atoms with Crippen molar-refractivity contribution in [1.29, 1.82) is 0 Å². The molecule has 1 aromatic heterocycles. The zero-order valence-corrected chi connectivity index (χ0v) is 18.1. The van der Waals surface area contributed by atoms with Crippen LogP contribution in [0.25, 0.3) is 0 Å². The first-order chi connectivity index (χ1) is 14.1. The molecule has 2 aliphatic heterocycles. The second-order valence-electron chi connectivity index (χ2n) is 7.60. The molecule has 156 valence electrons. The summed E-state index contributed by atoms with van der Waals surface area (Å²) in [7, 11) is -3.60. The van der Waals surface area contributed by atoms with E-state index in [9.17, 15) is 13.2 Å². The maximum atomic E-state index is 12.9. The number of amides is 1. The molecular weight excluding hydrogens is 406 g/mol. The summed E-state index contributed by atoms with van der Waals surface area (Å²) in [5.41, 5.74) is 1.17. The Hall–Kier alpha value is -1.74. The minimum absolute atomic E-state index is 0.0984. The van der Waals surface area contributed by atoms with Crippen LogP contribution in [0, 0.1) is 0 Å². The van der Waals surface area contributed by atoms with E-state index < -0.39 is 10.0 Å². The summed E-state index contributed by atoms with van der Waals surface area (Å²) in [4.78, 5) is 15.8. The average Bonchev–Trinajstić information content (AvgIpc) is 3.51. The molecule has 0 bridgehead atoms. The van der Waals surface area contributed by atoms with Gasteiger partial charge in [-0.25, -0.2) is 8.42 Å². The fourth-order valence-electron chi connectivity index (χ4n) is 4.19. The highest BCUT2D eigenvalue weighted by Gasteiger charge is 2.32. The standard InChI is InChI=1S/C21H27N3O3S2/c25-21(20-19(10-15-28-20)29(26,27)24-13-6-7-14-24)22-16-18(23-11-4-5-12-23)17-8-2-1-3-9-17/h1-3,8-10,15,18H,4-7,11-14,16H2,(H,22,25). The molecule has 4 rings (SSSR count). The van der Waals surface area contributed by atoms with Crippen molar-refractivity contribution < 1.29 is 13.2 Å². The zero-order valence-electron chi connectivity index (χ0n) is 16.4. The van der Waals surface area contributed by atoms with Crippen molar-refractivity contribution in [1.82, 2.24) is 14.5 Å². The van der Waals surface area contributed by atoms with E-state index in [1.54, 1.807) is 11.4 Å². The number of hydrogen-bond acceptors (Lipinski definition) is 5. The third kappa shape index (κ3) is 4.40. The van der Waals surface area contributed by atoms with Gasteiger partial charge < -0.3 is 5.32 Å². The molecule has 2 aliphatic rings. The molecule has 3 heterocycles. The van der Waals surface area contributed by atoms with Gasteiger partial charge in [-0.1, -0.05) is 30.3 Å². The molecule has 29 heavy (non-hydrogen) atoms. The summed E-state index contributed by atoms with van der Waals surface area (Å²) >= 11 is 1.19. The number of likely N-dealkylation sites (tertiary alicyclic amines) is 1. The van der Waals surface area contributed by atoms with E-state index in [0.29, 0.717) is 19.6 Å². The number of hydrogen-bond donors (Lipinski definition) is 1. The van der Waals surface area contributed by atoms with Gasteiger partial charge in [0.05, 0.1) is 6.04 Å². The summed E-state index contributed by atoms with van der Waals surface area (Å²) in [6, 6.07) is 11.8. The van der Waals surface area contributed by atoms with Gasteiger partial charge in [-0.3, -0.25) is 9.69 Å². The number of carbonyl (C=O) groups excluding carboxylic acids is 1. The maximum Gasteiger partial charge on any atom is 0.262 e. The summed E-state index contributed by atoms with van der Waals surface area (Å²) in [5.74, 6) is -0.308. The van der Waals surface area contributed by atoms with Crippen LogP contribution in [0.1, 0.15) is 47.0 Å². The van der Waals surface area contributed by atoms with Gasteiger partial charge in [0.2, 0.25) is 10.0 Å². The van der Waals surface area contributed by atoms with Crippen LogP contribution in [-0.4, -0.2) is 56.3 Å². The second kappa shape index (κ2) is 8.95. The highest BCUT2D eigenvalue weighted by Crippen LogP contribution is 2.28. The van der Waals surface area contributed by atoms with E-state index in [-0.39, 0.29) is 21.7 Å². The van der Waals surface area contributed by atoms with Crippen LogP contribution in [0.15, 0.2) is 46.7 Å². The quantitative estimate of drug-likeness (QED) is 0.729. The molecule has 2 aromatic rings. The summed E-state index contributed by atoms with van der Waals surface area (Å²) in [6.07, 6.45) is 4.08. The predicted molar refractivity (Wildman–Crippen MR) is 115 cm³/mol. The van der Waals surface area contributed by atoms with Gasteiger partial charge in [0.25, 0.3) is 5.91 Å². The summed E-state index contributed by atoms with van der Waals surface area (Å²) in [6.45, 7) is 3.56. The van der Waals surface area contributed by atoms with Crippen molar-refractivity contribution >= 4 is 27.3 Å². The van der Waals surface area contributed by atoms with Gasteiger partial charge in [-0.2, -0.15) is 4.31 Å². The van der Waals surface area contributed by atoms with Crippen LogP contribution in [0.4, 0.5) is 0 Å². The molecule has 2 fully saturated rings. The van der Waals surface area contributed by atoms with E-state index in [1.807, 2.05) is 18.2 Å². The largest absolute Gasteiger partial charge is 0.349 e.